The summed E-state index contributed by atoms with van der Waals surface area (Å²) in [4.78, 5) is 16.6. The second-order valence-corrected chi connectivity index (χ2v) is 6.39. The van der Waals surface area contributed by atoms with E-state index in [1.54, 1.807) is 23.9 Å². The molecule has 4 heterocycles. The lowest BCUT2D eigenvalue weighted by molar-refractivity contribution is 0.122. The first-order valence-electron chi connectivity index (χ1n) is 6.76. The molecule has 0 unspecified atom stereocenters. The highest BCUT2D eigenvalue weighted by atomic mass is 35.5. The van der Waals surface area contributed by atoms with Crippen LogP contribution >= 0.6 is 22.9 Å². The second-order valence-electron chi connectivity index (χ2n) is 4.99. The predicted molar refractivity (Wildman–Crippen MR) is 85.5 cm³/mol. The van der Waals surface area contributed by atoms with Crippen molar-refractivity contribution in [1.29, 1.82) is 0 Å². The molecule has 0 amide bonds. The van der Waals surface area contributed by atoms with Crippen LogP contribution in [0.5, 0.6) is 0 Å². The molecule has 0 bridgehead atoms. The van der Waals surface area contributed by atoms with Gasteiger partial charge in [-0.15, -0.1) is 11.3 Å². The normalized spacial score (nSPS) is 16.0. The summed E-state index contributed by atoms with van der Waals surface area (Å²) < 4.78 is 6.49. The van der Waals surface area contributed by atoms with E-state index in [9.17, 15) is 0 Å². The maximum Gasteiger partial charge on any atom is 0.150 e. The smallest absolute Gasteiger partial charge is 0.150 e. The second kappa shape index (κ2) is 5.05. The number of hydrogen-bond donors (Lipinski definition) is 0. The summed E-state index contributed by atoms with van der Waals surface area (Å²) in [5, 5.41) is 1.72. The van der Waals surface area contributed by atoms with Crippen molar-refractivity contribution in [3.63, 3.8) is 0 Å². The van der Waals surface area contributed by atoms with Crippen molar-refractivity contribution >= 4 is 49.2 Å². The van der Waals surface area contributed by atoms with Gasteiger partial charge in [0.2, 0.25) is 0 Å². The van der Waals surface area contributed by atoms with E-state index in [0.717, 1.165) is 58.1 Å². The number of nitrogens with zero attached hydrogens (tertiary/aromatic N) is 4. The molecule has 1 saturated heterocycles. The molecular weight excluding hydrogens is 308 g/mol. The van der Waals surface area contributed by atoms with Crippen LogP contribution in [0.1, 0.15) is 5.56 Å². The van der Waals surface area contributed by atoms with Gasteiger partial charge in [-0.05, 0) is 12.5 Å². The summed E-state index contributed by atoms with van der Waals surface area (Å²) in [6.07, 6.45) is 3.33. The van der Waals surface area contributed by atoms with Gasteiger partial charge in [-0.2, -0.15) is 0 Å². The zero-order valence-electron chi connectivity index (χ0n) is 11.5. The van der Waals surface area contributed by atoms with Crippen LogP contribution in [0.15, 0.2) is 12.5 Å². The molecule has 0 aromatic carbocycles. The average molecular weight is 321 g/mol. The molecule has 0 radical (unpaired) electrons. The summed E-state index contributed by atoms with van der Waals surface area (Å²) >= 11 is 7.83. The van der Waals surface area contributed by atoms with E-state index in [4.69, 9.17) is 16.3 Å². The summed E-state index contributed by atoms with van der Waals surface area (Å²) in [6.45, 7) is 5.19. The number of aryl methyl sites for hydroxylation is 1. The first kappa shape index (κ1) is 13.2. The number of fused-ring (bicyclic) bond motifs is 3. The number of hydrogen-bond acceptors (Lipinski definition) is 6. The Labute approximate surface area is 130 Å². The largest absolute Gasteiger partial charge is 0.378 e. The fraction of sp³-hybridized carbons (Fsp3) is 0.357. The number of anilines is 1. The first-order chi connectivity index (χ1) is 10.3. The number of halogens is 1. The number of thiophene rings is 1. The fourth-order valence-corrected chi connectivity index (χ4v) is 3.96. The van der Waals surface area contributed by atoms with Crippen molar-refractivity contribution in [3.05, 3.63) is 23.1 Å². The van der Waals surface area contributed by atoms with Crippen molar-refractivity contribution in [2.75, 3.05) is 31.2 Å². The van der Waals surface area contributed by atoms with Crippen molar-refractivity contribution in [3.8, 4) is 0 Å². The number of morpholine rings is 1. The van der Waals surface area contributed by atoms with Crippen LogP contribution in [-0.2, 0) is 4.74 Å². The fourth-order valence-electron chi connectivity index (χ4n) is 2.65. The van der Waals surface area contributed by atoms with Crippen LogP contribution in [0.4, 0.5) is 5.82 Å². The topological polar surface area (TPSA) is 51.1 Å². The molecule has 0 spiro atoms. The number of pyridine rings is 1. The number of rotatable bonds is 1. The average Bonchev–Trinajstić information content (AvgIpc) is 2.91. The highest BCUT2D eigenvalue weighted by Gasteiger charge is 2.20. The van der Waals surface area contributed by atoms with E-state index in [1.165, 1.54) is 0 Å². The minimum atomic E-state index is 0.675. The summed E-state index contributed by atoms with van der Waals surface area (Å²) in [6, 6.07) is 0. The third-order valence-corrected chi connectivity index (χ3v) is 5.24. The summed E-state index contributed by atoms with van der Waals surface area (Å²) in [5.41, 5.74) is 1.97. The zero-order chi connectivity index (χ0) is 14.4. The van der Waals surface area contributed by atoms with Gasteiger partial charge in [0.25, 0.3) is 0 Å². The third kappa shape index (κ3) is 2.06. The van der Waals surface area contributed by atoms with Crippen LogP contribution < -0.4 is 4.90 Å². The van der Waals surface area contributed by atoms with Gasteiger partial charge in [0.1, 0.15) is 17.0 Å². The lowest BCUT2D eigenvalue weighted by Gasteiger charge is -2.27. The molecule has 0 aliphatic carbocycles. The van der Waals surface area contributed by atoms with Crippen LogP contribution in [0, 0.1) is 6.92 Å². The Kier molecular flexibility index (Phi) is 3.17. The molecule has 4 rings (SSSR count). The quantitative estimate of drug-likeness (QED) is 0.690. The molecule has 0 atom stereocenters. The molecule has 3 aromatic rings. The molecule has 1 fully saturated rings. The molecule has 3 aromatic heterocycles. The lowest BCUT2D eigenvalue weighted by atomic mass is 10.2. The Hall–Kier alpha value is -1.50. The minimum Gasteiger partial charge on any atom is -0.378 e. The van der Waals surface area contributed by atoms with Gasteiger partial charge >= 0.3 is 0 Å². The van der Waals surface area contributed by atoms with Gasteiger partial charge in [-0.25, -0.2) is 15.0 Å². The maximum atomic E-state index is 6.21. The van der Waals surface area contributed by atoms with E-state index < -0.39 is 0 Å². The Morgan fingerprint density at radius 3 is 2.86 bits per heavy atom. The molecule has 1 aliphatic rings. The Morgan fingerprint density at radius 2 is 2.05 bits per heavy atom. The van der Waals surface area contributed by atoms with Gasteiger partial charge in [-0.1, -0.05) is 11.6 Å². The van der Waals surface area contributed by atoms with E-state index >= 15 is 0 Å². The van der Waals surface area contributed by atoms with Crippen LogP contribution in [-0.4, -0.2) is 41.3 Å². The number of aromatic nitrogens is 3. The molecule has 0 saturated carbocycles. The van der Waals surface area contributed by atoms with Crippen molar-refractivity contribution in [2.45, 2.75) is 6.92 Å². The maximum absolute atomic E-state index is 6.21. The van der Waals surface area contributed by atoms with Crippen molar-refractivity contribution < 1.29 is 4.74 Å². The molecular formula is C14H13ClN4OS. The third-order valence-electron chi connectivity index (χ3n) is 3.77. The van der Waals surface area contributed by atoms with Crippen LogP contribution in [0.3, 0.4) is 0 Å². The molecule has 7 heteroatoms. The highest BCUT2D eigenvalue weighted by Crippen LogP contribution is 2.39. The van der Waals surface area contributed by atoms with E-state index in [-0.39, 0.29) is 0 Å². The van der Waals surface area contributed by atoms with Gasteiger partial charge in [-0.3, -0.25) is 0 Å². The Bertz CT molecular complexity index is 829. The van der Waals surface area contributed by atoms with Gasteiger partial charge in [0, 0.05) is 24.7 Å². The van der Waals surface area contributed by atoms with Crippen molar-refractivity contribution in [2.24, 2.45) is 0 Å². The highest BCUT2D eigenvalue weighted by molar-refractivity contribution is 7.26. The van der Waals surface area contributed by atoms with E-state index in [2.05, 4.69) is 19.9 Å². The van der Waals surface area contributed by atoms with Crippen LogP contribution in [0.25, 0.3) is 20.4 Å². The summed E-state index contributed by atoms with van der Waals surface area (Å²) in [7, 11) is 0. The van der Waals surface area contributed by atoms with Gasteiger partial charge in [0.15, 0.2) is 0 Å². The molecule has 0 N–H and O–H groups in total. The minimum absolute atomic E-state index is 0.675. The monoisotopic (exact) mass is 320 g/mol. The summed E-state index contributed by atoms with van der Waals surface area (Å²) in [5.74, 6) is 0.974. The van der Waals surface area contributed by atoms with Gasteiger partial charge < -0.3 is 9.64 Å². The Morgan fingerprint density at radius 1 is 1.24 bits per heavy atom. The molecule has 1 aliphatic heterocycles. The lowest BCUT2D eigenvalue weighted by Crippen LogP contribution is -2.36. The van der Waals surface area contributed by atoms with Gasteiger partial charge in [0.05, 0.1) is 28.5 Å². The predicted octanol–water partition coefficient (Wildman–Crippen LogP) is 3.04. The molecule has 21 heavy (non-hydrogen) atoms. The standard InChI is InChI=1S/C14H13ClN4OS/c1-8-9(15)6-16-14-10(8)11-12(21-14)13(18-7-17-11)19-2-4-20-5-3-19/h6-7H,2-5H2,1H3. The first-order valence-corrected chi connectivity index (χ1v) is 7.96. The number of ether oxygens (including phenoxy) is 1. The van der Waals surface area contributed by atoms with E-state index in [0.29, 0.717) is 5.02 Å². The van der Waals surface area contributed by atoms with Crippen molar-refractivity contribution in [1.82, 2.24) is 15.0 Å². The van der Waals surface area contributed by atoms with E-state index in [1.807, 2.05) is 6.92 Å². The molecule has 108 valence electrons. The zero-order valence-corrected chi connectivity index (χ0v) is 13.0. The van der Waals surface area contributed by atoms with Crippen LogP contribution in [0.2, 0.25) is 5.02 Å². The SMILES string of the molecule is Cc1c(Cl)cnc2sc3c(N4CCOCC4)ncnc3c12. The Balaban J connectivity index is 1.99. The molecule has 5 nitrogen and oxygen atoms in total.